The number of benzene rings is 1. The van der Waals surface area contributed by atoms with Crippen LogP contribution in [0.1, 0.15) is 48.2 Å². The minimum absolute atomic E-state index is 0.146. The van der Waals surface area contributed by atoms with E-state index in [1.807, 2.05) is 18.2 Å². The molecule has 4 rings (SSSR count). The van der Waals surface area contributed by atoms with Crippen molar-refractivity contribution >= 4 is 21.6 Å². The Morgan fingerprint density at radius 2 is 1.68 bits per heavy atom. The van der Waals surface area contributed by atoms with Crippen LogP contribution in [0, 0.1) is 0 Å². The van der Waals surface area contributed by atoms with E-state index < -0.39 is 10.0 Å². The summed E-state index contributed by atoms with van der Waals surface area (Å²) in [5.74, 6) is -0.146. The van der Waals surface area contributed by atoms with E-state index in [1.54, 1.807) is 33.1 Å². The smallest absolute Gasteiger partial charge is 0.274 e. The lowest BCUT2D eigenvalue weighted by atomic mass is 10.0. The standard InChI is InChI=1S/C21H27N3O3S/c1-22-16-18(28(26,27)23-12-6-2-3-7-13-23)15-20(22)21(25)24-14-8-10-17-9-4-5-11-19(17)24/h4-5,9,11,15-16H,2-3,6-8,10,12-14H2,1H3. The van der Waals surface area contributed by atoms with Gasteiger partial charge in [0.15, 0.2) is 0 Å². The highest BCUT2D eigenvalue weighted by atomic mass is 32.2. The second-order valence-electron chi connectivity index (χ2n) is 7.68. The summed E-state index contributed by atoms with van der Waals surface area (Å²) in [5.41, 5.74) is 2.50. The molecule has 0 bridgehead atoms. The Bertz CT molecular complexity index is 973. The van der Waals surface area contributed by atoms with E-state index in [9.17, 15) is 13.2 Å². The van der Waals surface area contributed by atoms with Gasteiger partial charge in [-0.25, -0.2) is 8.42 Å². The fourth-order valence-corrected chi connectivity index (χ4v) is 5.79. The van der Waals surface area contributed by atoms with Crippen molar-refractivity contribution < 1.29 is 13.2 Å². The van der Waals surface area contributed by atoms with Gasteiger partial charge in [-0.15, -0.1) is 0 Å². The molecule has 1 aromatic heterocycles. The van der Waals surface area contributed by atoms with E-state index in [1.165, 1.54) is 0 Å². The molecule has 1 saturated heterocycles. The first-order valence-electron chi connectivity index (χ1n) is 10.0. The van der Waals surface area contributed by atoms with E-state index in [2.05, 4.69) is 6.07 Å². The lowest BCUT2D eigenvalue weighted by molar-refractivity contribution is 0.0977. The van der Waals surface area contributed by atoms with Crippen LogP contribution in [0.15, 0.2) is 41.4 Å². The fraction of sp³-hybridized carbons (Fsp3) is 0.476. The monoisotopic (exact) mass is 401 g/mol. The summed E-state index contributed by atoms with van der Waals surface area (Å²) in [5, 5.41) is 0. The molecule has 0 aliphatic carbocycles. The van der Waals surface area contributed by atoms with Crippen LogP contribution in [0.2, 0.25) is 0 Å². The van der Waals surface area contributed by atoms with E-state index >= 15 is 0 Å². The molecular weight excluding hydrogens is 374 g/mol. The van der Waals surface area contributed by atoms with Gasteiger partial charge in [0.2, 0.25) is 10.0 Å². The molecule has 1 aromatic carbocycles. The van der Waals surface area contributed by atoms with Gasteiger partial charge >= 0.3 is 0 Å². The van der Waals surface area contributed by atoms with Crippen LogP contribution < -0.4 is 4.90 Å². The van der Waals surface area contributed by atoms with Gasteiger partial charge in [-0.3, -0.25) is 4.79 Å². The largest absolute Gasteiger partial charge is 0.345 e. The highest BCUT2D eigenvalue weighted by Crippen LogP contribution is 2.29. The number of rotatable bonds is 3. The molecule has 2 aliphatic rings. The number of carbonyl (C=O) groups is 1. The minimum Gasteiger partial charge on any atom is -0.345 e. The normalized spacial score (nSPS) is 18.5. The number of hydrogen-bond donors (Lipinski definition) is 0. The second kappa shape index (κ2) is 7.72. The van der Waals surface area contributed by atoms with Gasteiger partial charge < -0.3 is 9.47 Å². The molecule has 0 saturated carbocycles. The van der Waals surface area contributed by atoms with Crippen molar-refractivity contribution in [3.05, 3.63) is 47.8 Å². The first-order valence-corrected chi connectivity index (χ1v) is 11.5. The Labute approximate surface area is 166 Å². The molecule has 1 fully saturated rings. The van der Waals surface area contributed by atoms with E-state index in [4.69, 9.17) is 0 Å². The molecule has 0 N–H and O–H groups in total. The molecule has 2 aliphatic heterocycles. The number of anilines is 1. The summed E-state index contributed by atoms with van der Waals surface area (Å²) in [6.45, 7) is 1.76. The minimum atomic E-state index is -3.57. The molecule has 0 radical (unpaired) electrons. The molecule has 1 amide bonds. The van der Waals surface area contributed by atoms with Gasteiger partial charge in [-0.2, -0.15) is 4.31 Å². The molecule has 28 heavy (non-hydrogen) atoms. The van der Waals surface area contributed by atoms with Crippen LogP contribution in [0.5, 0.6) is 0 Å². The summed E-state index contributed by atoms with van der Waals surface area (Å²) in [7, 11) is -1.83. The third kappa shape index (κ3) is 3.49. The van der Waals surface area contributed by atoms with Crippen LogP contribution in [-0.4, -0.2) is 42.8 Å². The van der Waals surface area contributed by atoms with Crippen molar-refractivity contribution in [1.29, 1.82) is 0 Å². The Balaban J connectivity index is 1.64. The van der Waals surface area contributed by atoms with Crippen molar-refractivity contribution in [1.82, 2.24) is 8.87 Å². The quantitative estimate of drug-likeness (QED) is 0.794. The maximum absolute atomic E-state index is 13.3. The highest BCUT2D eigenvalue weighted by molar-refractivity contribution is 7.89. The first-order chi connectivity index (χ1) is 13.5. The molecule has 2 aromatic rings. The van der Waals surface area contributed by atoms with Gasteiger partial charge in [0.1, 0.15) is 10.6 Å². The summed E-state index contributed by atoms with van der Waals surface area (Å²) < 4.78 is 29.4. The number of aryl methyl sites for hydroxylation is 2. The van der Waals surface area contributed by atoms with Crippen molar-refractivity contribution in [3.63, 3.8) is 0 Å². The van der Waals surface area contributed by atoms with Gasteiger partial charge in [0.05, 0.1) is 0 Å². The predicted octanol–water partition coefficient (Wildman–Crippen LogP) is 3.18. The van der Waals surface area contributed by atoms with Crippen LogP contribution >= 0.6 is 0 Å². The van der Waals surface area contributed by atoms with Crippen LogP contribution in [0.4, 0.5) is 5.69 Å². The average molecular weight is 402 g/mol. The van der Waals surface area contributed by atoms with Crippen molar-refractivity contribution in [2.45, 2.75) is 43.4 Å². The summed E-state index contributed by atoms with van der Waals surface area (Å²) >= 11 is 0. The zero-order chi connectivity index (χ0) is 19.7. The molecule has 0 unspecified atom stereocenters. The summed E-state index contributed by atoms with van der Waals surface area (Å²) in [6, 6.07) is 9.48. The van der Waals surface area contributed by atoms with Crippen LogP contribution in [-0.2, 0) is 23.5 Å². The Morgan fingerprint density at radius 3 is 2.43 bits per heavy atom. The topological polar surface area (TPSA) is 62.6 Å². The number of hydrogen-bond acceptors (Lipinski definition) is 3. The number of nitrogens with zero attached hydrogens (tertiary/aromatic N) is 3. The number of carbonyl (C=O) groups excluding carboxylic acids is 1. The number of para-hydroxylation sites is 1. The zero-order valence-electron chi connectivity index (χ0n) is 16.3. The van der Waals surface area contributed by atoms with E-state index in [0.29, 0.717) is 25.3 Å². The third-order valence-corrected chi connectivity index (χ3v) is 7.62. The van der Waals surface area contributed by atoms with Crippen molar-refractivity contribution in [3.8, 4) is 0 Å². The molecular formula is C21H27N3O3S. The highest BCUT2D eigenvalue weighted by Gasteiger charge is 2.30. The average Bonchev–Trinajstić information content (AvgIpc) is 2.91. The SMILES string of the molecule is Cn1cc(S(=O)(=O)N2CCCCCC2)cc1C(=O)N1CCCc2ccccc21. The van der Waals surface area contributed by atoms with Gasteiger partial charge in [0.25, 0.3) is 5.91 Å². The number of fused-ring (bicyclic) bond motifs is 1. The lowest BCUT2D eigenvalue weighted by Gasteiger charge is -2.29. The number of sulfonamides is 1. The van der Waals surface area contributed by atoms with Gasteiger partial charge in [-0.1, -0.05) is 31.0 Å². The molecule has 0 atom stereocenters. The second-order valence-corrected chi connectivity index (χ2v) is 9.62. The molecule has 3 heterocycles. The van der Waals surface area contributed by atoms with E-state index in [-0.39, 0.29) is 10.8 Å². The van der Waals surface area contributed by atoms with Crippen molar-refractivity contribution in [2.75, 3.05) is 24.5 Å². The molecule has 6 nitrogen and oxygen atoms in total. The number of amides is 1. The molecule has 7 heteroatoms. The maximum atomic E-state index is 13.3. The van der Waals surface area contributed by atoms with Crippen LogP contribution in [0.3, 0.4) is 0 Å². The Hall–Kier alpha value is -2.12. The Kier molecular flexibility index (Phi) is 5.29. The lowest BCUT2D eigenvalue weighted by Crippen LogP contribution is -2.36. The van der Waals surface area contributed by atoms with E-state index in [0.717, 1.165) is 49.8 Å². The molecule has 0 spiro atoms. The predicted molar refractivity (Wildman–Crippen MR) is 109 cm³/mol. The third-order valence-electron chi connectivity index (χ3n) is 5.76. The maximum Gasteiger partial charge on any atom is 0.274 e. The summed E-state index contributed by atoms with van der Waals surface area (Å²) in [4.78, 5) is 15.2. The summed E-state index contributed by atoms with van der Waals surface area (Å²) in [6.07, 6.45) is 7.36. The first kappa shape index (κ1) is 19.2. The van der Waals surface area contributed by atoms with Gasteiger partial charge in [0, 0.05) is 38.6 Å². The fourth-order valence-electron chi connectivity index (χ4n) is 4.20. The van der Waals surface area contributed by atoms with Crippen molar-refractivity contribution in [2.24, 2.45) is 7.05 Å². The van der Waals surface area contributed by atoms with Crippen LogP contribution in [0.25, 0.3) is 0 Å². The van der Waals surface area contributed by atoms with Gasteiger partial charge in [-0.05, 0) is 43.4 Å². The molecule has 150 valence electrons. The zero-order valence-corrected chi connectivity index (χ0v) is 17.1. The Morgan fingerprint density at radius 1 is 0.964 bits per heavy atom. The number of aromatic nitrogens is 1.